The predicted molar refractivity (Wildman–Crippen MR) is 77.5 cm³/mol. The van der Waals surface area contributed by atoms with Crippen LogP contribution in [0, 0.1) is 11.8 Å². The molecule has 3 atom stereocenters. The van der Waals surface area contributed by atoms with Crippen LogP contribution in [0.1, 0.15) is 39.5 Å². The summed E-state index contributed by atoms with van der Waals surface area (Å²) in [6.07, 6.45) is 2.27. The fourth-order valence-corrected chi connectivity index (χ4v) is 2.63. The summed E-state index contributed by atoms with van der Waals surface area (Å²) in [6, 6.07) is -1.30. The number of nitrogens with one attached hydrogen (secondary N) is 1. The fraction of sp³-hybridized carbons (Fsp3) is 0.786. The van der Waals surface area contributed by atoms with E-state index in [2.05, 4.69) is 5.32 Å². The third-order valence-electron chi connectivity index (χ3n) is 4.14. The van der Waals surface area contributed by atoms with Gasteiger partial charge in [-0.25, -0.2) is 4.79 Å². The largest absolute Gasteiger partial charge is 0.481 e. The van der Waals surface area contributed by atoms with Gasteiger partial charge in [-0.3, -0.25) is 9.59 Å². The van der Waals surface area contributed by atoms with E-state index in [0.717, 1.165) is 12.8 Å². The molecule has 7 heteroatoms. The Morgan fingerprint density at radius 1 is 1.43 bits per heavy atom. The highest BCUT2D eigenvalue weighted by molar-refractivity contribution is 5.87. The van der Waals surface area contributed by atoms with Gasteiger partial charge in [-0.2, -0.15) is 0 Å². The van der Waals surface area contributed by atoms with Crippen LogP contribution in [0.2, 0.25) is 0 Å². The minimum Gasteiger partial charge on any atom is -0.481 e. The summed E-state index contributed by atoms with van der Waals surface area (Å²) in [5, 5.41) is 11.2. The topological polar surface area (TPSA) is 113 Å². The molecule has 3 unspecified atom stereocenters. The number of carbonyl (C=O) groups is 3. The molecule has 1 aliphatic rings. The zero-order valence-electron chi connectivity index (χ0n) is 12.7. The maximum Gasteiger partial charge on any atom is 0.312 e. The van der Waals surface area contributed by atoms with Crippen LogP contribution >= 0.6 is 0 Å². The molecule has 21 heavy (non-hydrogen) atoms. The van der Waals surface area contributed by atoms with Crippen molar-refractivity contribution in [3.8, 4) is 0 Å². The van der Waals surface area contributed by atoms with E-state index in [-0.39, 0.29) is 24.2 Å². The smallest absolute Gasteiger partial charge is 0.312 e. The van der Waals surface area contributed by atoms with Crippen LogP contribution < -0.4 is 11.1 Å². The lowest BCUT2D eigenvalue weighted by Gasteiger charge is -2.27. The molecular weight excluding hydrogens is 274 g/mol. The molecule has 0 aromatic rings. The van der Waals surface area contributed by atoms with Gasteiger partial charge in [0.25, 0.3) is 0 Å². The minimum atomic E-state index is -0.812. The van der Waals surface area contributed by atoms with Gasteiger partial charge in [0.1, 0.15) is 6.04 Å². The van der Waals surface area contributed by atoms with E-state index in [1.807, 2.05) is 13.8 Å². The number of aliphatic carboxylic acids is 1. The molecule has 0 aromatic heterocycles. The number of carbonyl (C=O) groups excluding carboxylic acids is 2. The zero-order chi connectivity index (χ0) is 16.0. The Kier molecular flexibility index (Phi) is 6.45. The van der Waals surface area contributed by atoms with Gasteiger partial charge in [0, 0.05) is 19.5 Å². The van der Waals surface area contributed by atoms with Gasteiger partial charge >= 0.3 is 12.0 Å². The average molecular weight is 299 g/mol. The van der Waals surface area contributed by atoms with Crippen LogP contribution in [0.3, 0.4) is 0 Å². The first-order valence-electron chi connectivity index (χ1n) is 7.41. The van der Waals surface area contributed by atoms with Crippen LogP contribution in [0.4, 0.5) is 4.79 Å². The quantitative estimate of drug-likeness (QED) is 0.644. The van der Waals surface area contributed by atoms with Gasteiger partial charge in [-0.15, -0.1) is 0 Å². The lowest BCUT2D eigenvalue weighted by atomic mass is 9.98. The summed E-state index contributed by atoms with van der Waals surface area (Å²) in [7, 11) is 0. The molecule has 1 rings (SSSR count). The number of nitrogens with zero attached hydrogens (tertiary/aromatic N) is 1. The lowest BCUT2D eigenvalue weighted by Crippen LogP contribution is -2.52. The average Bonchev–Trinajstić information content (AvgIpc) is 2.89. The molecular formula is C14H25N3O4. The summed E-state index contributed by atoms with van der Waals surface area (Å²) in [5.41, 5.74) is 5.14. The van der Waals surface area contributed by atoms with Gasteiger partial charge in [0.15, 0.2) is 0 Å². The van der Waals surface area contributed by atoms with Crippen molar-refractivity contribution in [1.82, 2.24) is 10.2 Å². The van der Waals surface area contributed by atoms with Gasteiger partial charge in [0.2, 0.25) is 5.91 Å². The van der Waals surface area contributed by atoms with Crippen molar-refractivity contribution in [3.05, 3.63) is 0 Å². The van der Waals surface area contributed by atoms with Crippen molar-refractivity contribution >= 4 is 17.9 Å². The van der Waals surface area contributed by atoms with E-state index >= 15 is 0 Å². The first-order valence-corrected chi connectivity index (χ1v) is 7.41. The van der Waals surface area contributed by atoms with Gasteiger partial charge in [-0.1, -0.05) is 20.3 Å². The molecule has 0 radical (unpaired) electrons. The number of nitrogens with two attached hydrogens (primary N) is 1. The number of hydrogen-bond acceptors (Lipinski definition) is 3. The van der Waals surface area contributed by atoms with Crippen molar-refractivity contribution in [2.45, 2.75) is 45.6 Å². The van der Waals surface area contributed by atoms with E-state index in [9.17, 15) is 14.4 Å². The van der Waals surface area contributed by atoms with E-state index in [1.165, 1.54) is 0 Å². The van der Waals surface area contributed by atoms with Gasteiger partial charge in [0.05, 0.1) is 0 Å². The number of hydrogen-bond donors (Lipinski definition) is 3. The predicted octanol–water partition coefficient (Wildman–Crippen LogP) is 0.783. The van der Waals surface area contributed by atoms with Crippen LogP contribution in [-0.4, -0.2) is 47.0 Å². The number of likely N-dealkylation sites (tertiary alicyclic amines) is 1. The first kappa shape index (κ1) is 17.3. The normalized spacial score (nSPS) is 20.9. The van der Waals surface area contributed by atoms with Gasteiger partial charge in [-0.05, 0) is 24.7 Å². The van der Waals surface area contributed by atoms with Crippen LogP contribution in [-0.2, 0) is 9.59 Å². The van der Waals surface area contributed by atoms with Crippen molar-refractivity contribution < 1.29 is 19.5 Å². The summed E-state index contributed by atoms with van der Waals surface area (Å²) >= 11 is 0. The van der Waals surface area contributed by atoms with Crippen LogP contribution in [0.5, 0.6) is 0 Å². The van der Waals surface area contributed by atoms with Crippen LogP contribution in [0.25, 0.3) is 0 Å². The second kappa shape index (κ2) is 7.85. The van der Waals surface area contributed by atoms with E-state index < -0.39 is 18.0 Å². The minimum absolute atomic E-state index is 0.00284. The standard InChI is InChI=1S/C14H25N3O4/c1-3-9(2)12(16-14(15)21)13(20)17-7-6-10(8-17)4-5-11(18)19/h9-10,12H,3-8H2,1-2H3,(H,18,19)(H3,15,16,21). The highest BCUT2D eigenvalue weighted by Crippen LogP contribution is 2.23. The Morgan fingerprint density at radius 3 is 2.62 bits per heavy atom. The third kappa shape index (κ3) is 5.24. The monoisotopic (exact) mass is 299 g/mol. The van der Waals surface area contributed by atoms with Crippen molar-refractivity contribution in [1.29, 1.82) is 0 Å². The molecule has 0 saturated carbocycles. The highest BCUT2D eigenvalue weighted by atomic mass is 16.4. The molecule has 0 spiro atoms. The second-order valence-electron chi connectivity index (χ2n) is 5.74. The molecule has 1 fully saturated rings. The van der Waals surface area contributed by atoms with E-state index in [1.54, 1.807) is 4.90 Å². The Morgan fingerprint density at radius 2 is 2.10 bits per heavy atom. The molecule has 1 aliphatic heterocycles. The molecule has 0 bridgehead atoms. The molecule has 4 N–H and O–H groups in total. The number of carboxylic acid groups (broad SMARTS) is 1. The highest BCUT2D eigenvalue weighted by Gasteiger charge is 2.33. The lowest BCUT2D eigenvalue weighted by molar-refractivity contribution is -0.137. The third-order valence-corrected chi connectivity index (χ3v) is 4.14. The fourth-order valence-electron chi connectivity index (χ4n) is 2.63. The molecule has 1 saturated heterocycles. The summed E-state index contributed by atoms with van der Waals surface area (Å²) in [5.74, 6) is -0.715. The Bertz CT molecular complexity index is 400. The SMILES string of the molecule is CCC(C)C(NC(N)=O)C(=O)N1CCC(CCC(=O)O)C1. The molecule has 0 aliphatic carbocycles. The number of rotatable bonds is 7. The summed E-state index contributed by atoms with van der Waals surface area (Å²) < 4.78 is 0. The number of amides is 3. The van der Waals surface area contributed by atoms with Gasteiger partial charge < -0.3 is 21.1 Å². The first-order chi connectivity index (χ1) is 9.85. The number of primary amides is 1. The van der Waals surface area contributed by atoms with E-state index in [4.69, 9.17) is 10.8 Å². The summed E-state index contributed by atoms with van der Waals surface area (Å²) in [6.45, 7) is 5.01. The number of urea groups is 1. The number of carboxylic acids is 1. The molecule has 7 nitrogen and oxygen atoms in total. The van der Waals surface area contributed by atoms with Crippen molar-refractivity contribution in [2.75, 3.05) is 13.1 Å². The Labute approximate surface area is 124 Å². The Balaban J connectivity index is 2.60. The van der Waals surface area contributed by atoms with E-state index in [0.29, 0.717) is 19.5 Å². The maximum absolute atomic E-state index is 12.5. The van der Waals surface area contributed by atoms with Crippen LogP contribution in [0.15, 0.2) is 0 Å². The Hall–Kier alpha value is -1.79. The zero-order valence-corrected chi connectivity index (χ0v) is 12.7. The van der Waals surface area contributed by atoms with Crippen molar-refractivity contribution in [2.24, 2.45) is 17.6 Å². The summed E-state index contributed by atoms with van der Waals surface area (Å²) in [4.78, 5) is 35.9. The second-order valence-corrected chi connectivity index (χ2v) is 5.74. The molecule has 3 amide bonds. The maximum atomic E-state index is 12.5. The van der Waals surface area contributed by atoms with Crippen molar-refractivity contribution in [3.63, 3.8) is 0 Å². The molecule has 1 heterocycles. The molecule has 120 valence electrons. The molecule has 0 aromatic carbocycles.